The van der Waals surface area contributed by atoms with Gasteiger partial charge in [0.1, 0.15) is 12.4 Å². The van der Waals surface area contributed by atoms with Crippen LogP contribution in [0.15, 0.2) is 24.3 Å². The second-order valence-electron chi connectivity index (χ2n) is 3.62. The number of nitrogens with one attached hydrogen (secondary N) is 1. The highest BCUT2D eigenvalue weighted by Crippen LogP contribution is 2.15. The van der Waals surface area contributed by atoms with Gasteiger partial charge in [0, 0.05) is 25.2 Å². The number of rotatable bonds is 7. The monoisotopic (exact) mass is 292 g/mol. The van der Waals surface area contributed by atoms with E-state index in [1.165, 1.54) is 11.4 Å². The fourth-order valence-corrected chi connectivity index (χ4v) is 2.18. The lowest BCUT2D eigenvalue weighted by Crippen LogP contribution is -2.39. The fraction of sp³-hybridized carbons (Fsp3) is 0.455. The van der Waals surface area contributed by atoms with Crippen molar-refractivity contribution >= 4 is 21.8 Å². The van der Waals surface area contributed by atoms with Gasteiger partial charge in [-0.1, -0.05) is 18.5 Å². The molecule has 7 heteroatoms. The molecule has 0 spiro atoms. The van der Waals surface area contributed by atoms with Crippen molar-refractivity contribution in [3.63, 3.8) is 0 Å². The van der Waals surface area contributed by atoms with Crippen molar-refractivity contribution in [3.05, 3.63) is 29.3 Å². The number of nitrogens with zero attached hydrogens (tertiary/aromatic N) is 1. The van der Waals surface area contributed by atoms with E-state index in [0.29, 0.717) is 17.3 Å². The predicted octanol–water partition coefficient (Wildman–Crippen LogP) is 1.50. The molecular weight excluding hydrogens is 276 g/mol. The summed E-state index contributed by atoms with van der Waals surface area (Å²) in [6, 6.07) is 6.89. The predicted molar refractivity (Wildman–Crippen MR) is 72.2 cm³/mol. The van der Waals surface area contributed by atoms with E-state index in [9.17, 15) is 8.42 Å². The van der Waals surface area contributed by atoms with Gasteiger partial charge in [-0.05, 0) is 24.3 Å². The van der Waals surface area contributed by atoms with Gasteiger partial charge in [0.05, 0.1) is 0 Å². The molecule has 0 bridgehead atoms. The van der Waals surface area contributed by atoms with Crippen LogP contribution in [-0.2, 0) is 10.2 Å². The molecule has 1 rings (SSSR count). The molecule has 0 aliphatic rings. The van der Waals surface area contributed by atoms with Gasteiger partial charge >= 0.3 is 0 Å². The number of hydrogen-bond acceptors (Lipinski definition) is 3. The average molecular weight is 293 g/mol. The van der Waals surface area contributed by atoms with Crippen LogP contribution in [0.25, 0.3) is 0 Å². The first kappa shape index (κ1) is 15.2. The molecule has 0 amide bonds. The molecule has 0 atom stereocenters. The largest absolute Gasteiger partial charge is 0.492 e. The summed E-state index contributed by atoms with van der Waals surface area (Å²) in [6.45, 7) is 2.67. The van der Waals surface area contributed by atoms with Crippen LogP contribution >= 0.6 is 11.6 Å². The summed E-state index contributed by atoms with van der Waals surface area (Å²) >= 11 is 5.73. The molecular formula is C11H17ClN2O3S. The standard InChI is InChI=1S/C11H17ClN2O3S/c1-3-14(2)18(15,16)13-8-9-17-11-6-4-10(12)5-7-11/h4-7,13H,3,8-9H2,1-2H3. The van der Waals surface area contributed by atoms with Gasteiger partial charge in [0.25, 0.3) is 10.2 Å². The molecule has 0 aliphatic carbocycles. The molecule has 1 aromatic carbocycles. The van der Waals surface area contributed by atoms with Crippen LogP contribution in [0.2, 0.25) is 5.02 Å². The van der Waals surface area contributed by atoms with E-state index in [4.69, 9.17) is 16.3 Å². The zero-order valence-electron chi connectivity index (χ0n) is 10.4. The smallest absolute Gasteiger partial charge is 0.279 e. The summed E-state index contributed by atoms with van der Waals surface area (Å²) in [5.41, 5.74) is 0. The number of ether oxygens (including phenoxy) is 1. The van der Waals surface area contributed by atoms with Crippen molar-refractivity contribution in [2.75, 3.05) is 26.7 Å². The first-order valence-electron chi connectivity index (χ1n) is 5.55. The van der Waals surface area contributed by atoms with E-state index in [-0.39, 0.29) is 13.2 Å². The Hall–Kier alpha value is -0.820. The van der Waals surface area contributed by atoms with Crippen LogP contribution in [0.3, 0.4) is 0 Å². The topological polar surface area (TPSA) is 58.6 Å². The van der Waals surface area contributed by atoms with Crippen LogP contribution in [0.1, 0.15) is 6.92 Å². The zero-order chi connectivity index (χ0) is 13.6. The van der Waals surface area contributed by atoms with Crippen molar-refractivity contribution in [1.29, 1.82) is 0 Å². The Labute approximate surface area is 113 Å². The minimum atomic E-state index is -3.39. The third-order valence-electron chi connectivity index (χ3n) is 2.32. The summed E-state index contributed by atoms with van der Waals surface area (Å²) in [4.78, 5) is 0. The molecule has 1 aromatic rings. The Morgan fingerprint density at radius 1 is 1.33 bits per heavy atom. The van der Waals surface area contributed by atoms with E-state index in [1.807, 2.05) is 0 Å². The lowest BCUT2D eigenvalue weighted by Gasteiger charge is -2.15. The molecule has 1 N–H and O–H groups in total. The molecule has 0 radical (unpaired) electrons. The third kappa shape index (κ3) is 4.81. The maximum absolute atomic E-state index is 11.6. The highest BCUT2D eigenvalue weighted by Gasteiger charge is 2.14. The number of hydrogen-bond donors (Lipinski definition) is 1. The Bertz CT molecular complexity index is 462. The quantitative estimate of drug-likeness (QED) is 0.775. The molecule has 0 saturated carbocycles. The second-order valence-corrected chi connectivity index (χ2v) is 5.91. The van der Waals surface area contributed by atoms with Crippen molar-refractivity contribution < 1.29 is 13.2 Å². The lowest BCUT2D eigenvalue weighted by atomic mass is 10.3. The second kappa shape index (κ2) is 6.94. The van der Waals surface area contributed by atoms with Gasteiger partial charge in [0.2, 0.25) is 0 Å². The average Bonchev–Trinajstić information content (AvgIpc) is 2.35. The first-order chi connectivity index (χ1) is 8.45. The normalized spacial score (nSPS) is 11.8. The van der Waals surface area contributed by atoms with Gasteiger partial charge in [-0.3, -0.25) is 0 Å². The summed E-state index contributed by atoms with van der Waals surface area (Å²) in [5, 5.41) is 0.632. The molecule has 102 valence electrons. The summed E-state index contributed by atoms with van der Waals surface area (Å²) in [5.74, 6) is 0.655. The molecule has 5 nitrogen and oxygen atoms in total. The van der Waals surface area contributed by atoms with Crippen LogP contribution in [-0.4, -0.2) is 39.5 Å². The maximum Gasteiger partial charge on any atom is 0.279 e. The van der Waals surface area contributed by atoms with Crippen LogP contribution in [0.4, 0.5) is 0 Å². The minimum absolute atomic E-state index is 0.218. The third-order valence-corrected chi connectivity index (χ3v) is 4.22. The van der Waals surface area contributed by atoms with E-state index in [2.05, 4.69) is 4.72 Å². The molecule has 0 unspecified atom stereocenters. The van der Waals surface area contributed by atoms with E-state index >= 15 is 0 Å². The van der Waals surface area contributed by atoms with Gasteiger partial charge in [-0.25, -0.2) is 0 Å². The van der Waals surface area contributed by atoms with E-state index in [1.54, 1.807) is 31.2 Å². The number of halogens is 1. The van der Waals surface area contributed by atoms with Gasteiger partial charge in [-0.15, -0.1) is 0 Å². The van der Waals surface area contributed by atoms with Crippen LogP contribution in [0.5, 0.6) is 5.75 Å². The SMILES string of the molecule is CCN(C)S(=O)(=O)NCCOc1ccc(Cl)cc1. The molecule has 18 heavy (non-hydrogen) atoms. The Morgan fingerprint density at radius 3 is 2.50 bits per heavy atom. The number of benzene rings is 1. The molecule has 0 heterocycles. The highest BCUT2D eigenvalue weighted by atomic mass is 35.5. The van der Waals surface area contributed by atoms with Crippen molar-refractivity contribution in [1.82, 2.24) is 9.03 Å². The molecule has 0 fully saturated rings. The summed E-state index contributed by atoms with van der Waals surface area (Å²) in [6.07, 6.45) is 0. The minimum Gasteiger partial charge on any atom is -0.492 e. The van der Waals surface area contributed by atoms with Crippen LogP contribution in [0, 0.1) is 0 Å². The highest BCUT2D eigenvalue weighted by molar-refractivity contribution is 7.87. The zero-order valence-corrected chi connectivity index (χ0v) is 12.0. The van der Waals surface area contributed by atoms with Gasteiger partial charge in [0.15, 0.2) is 0 Å². The van der Waals surface area contributed by atoms with Gasteiger partial charge in [-0.2, -0.15) is 17.4 Å². The Balaban J connectivity index is 2.33. The molecule has 0 aromatic heterocycles. The van der Waals surface area contributed by atoms with Crippen LogP contribution < -0.4 is 9.46 Å². The van der Waals surface area contributed by atoms with E-state index < -0.39 is 10.2 Å². The maximum atomic E-state index is 11.6. The molecule has 0 saturated heterocycles. The first-order valence-corrected chi connectivity index (χ1v) is 7.37. The fourth-order valence-electron chi connectivity index (χ4n) is 1.15. The van der Waals surface area contributed by atoms with Crippen molar-refractivity contribution in [2.24, 2.45) is 0 Å². The summed E-state index contributed by atoms with van der Waals surface area (Å²) < 4.78 is 32.2. The van der Waals surface area contributed by atoms with Crippen molar-refractivity contribution in [3.8, 4) is 5.75 Å². The van der Waals surface area contributed by atoms with Gasteiger partial charge < -0.3 is 4.74 Å². The Kier molecular flexibility index (Phi) is 5.87. The Morgan fingerprint density at radius 2 is 1.94 bits per heavy atom. The summed E-state index contributed by atoms with van der Waals surface area (Å²) in [7, 11) is -1.87. The molecule has 0 aliphatic heterocycles. The van der Waals surface area contributed by atoms with E-state index in [0.717, 1.165) is 0 Å². The lowest BCUT2D eigenvalue weighted by molar-refractivity contribution is 0.321. The van der Waals surface area contributed by atoms with Crippen molar-refractivity contribution in [2.45, 2.75) is 6.92 Å².